The van der Waals surface area contributed by atoms with Gasteiger partial charge < -0.3 is 9.47 Å². The second-order valence-corrected chi connectivity index (χ2v) is 5.85. The molecule has 112 valence electrons. The van der Waals surface area contributed by atoms with Crippen molar-refractivity contribution < 1.29 is 0 Å². The van der Waals surface area contributed by atoms with Gasteiger partial charge in [0.2, 0.25) is 0 Å². The van der Waals surface area contributed by atoms with Crippen LogP contribution in [0, 0.1) is 0 Å². The molecule has 22 heavy (non-hydrogen) atoms. The lowest BCUT2D eigenvalue weighted by Gasteiger charge is -2.17. The summed E-state index contributed by atoms with van der Waals surface area (Å²) in [4.78, 5) is 12.0. The minimum atomic E-state index is 0.454. The van der Waals surface area contributed by atoms with Crippen LogP contribution in [0.3, 0.4) is 0 Å². The zero-order valence-corrected chi connectivity index (χ0v) is 12.8. The summed E-state index contributed by atoms with van der Waals surface area (Å²) in [6.07, 6.45) is 3.03. The van der Waals surface area contributed by atoms with E-state index in [-0.39, 0.29) is 0 Å². The van der Waals surface area contributed by atoms with E-state index < -0.39 is 0 Å². The van der Waals surface area contributed by atoms with Crippen LogP contribution in [0.25, 0.3) is 22.6 Å². The molecule has 1 unspecified atom stereocenters. The molecule has 1 aliphatic heterocycles. The van der Waals surface area contributed by atoms with Crippen molar-refractivity contribution in [3.8, 4) is 11.4 Å². The van der Waals surface area contributed by atoms with E-state index in [4.69, 9.17) is 4.98 Å². The molecular weight excluding hydrogens is 272 g/mol. The third kappa shape index (κ3) is 2.20. The summed E-state index contributed by atoms with van der Waals surface area (Å²) in [5.74, 6) is 1.04. The van der Waals surface area contributed by atoms with E-state index in [1.165, 1.54) is 0 Å². The number of pyridine rings is 1. The molecule has 0 bridgehead atoms. The minimum Gasteiger partial charge on any atom is -0.304 e. The maximum Gasteiger partial charge on any atom is 0.160 e. The second-order valence-electron chi connectivity index (χ2n) is 5.85. The molecule has 0 radical (unpaired) electrons. The first-order chi connectivity index (χ1) is 10.9. The van der Waals surface area contributed by atoms with Crippen LogP contribution in [-0.4, -0.2) is 39.1 Å². The highest BCUT2D eigenvalue weighted by Gasteiger charge is 2.27. The highest BCUT2D eigenvalue weighted by molar-refractivity contribution is 5.77. The van der Waals surface area contributed by atoms with E-state index in [9.17, 15) is 0 Å². The van der Waals surface area contributed by atoms with Gasteiger partial charge in [0, 0.05) is 24.8 Å². The molecule has 1 saturated heterocycles. The van der Waals surface area contributed by atoms with Crippen molar-refractivity contribution in [3.63, 3.8) is 0 Å². The molecule has 2 aromatic heterocycles. The minimum absolute atomic E-state index is 0.454. The number of hydrogen-bond donors (Lipinski definition) is 0. The average molecular weight is 292 g/mol. The van der Waals surface area contributed by atoms with Crippen molar-refractivity contribution in [2.75, 3.05) is 19.6 Å². The van der Waals surface area contributed by atoms with Gasteiger partial charge in [0.25, 0.3) is 0 Å². The van der Waals surface area contributed by atoms with Crippen LogP contribution in [0.5, 0.6) is 0 Å². The molecule has 3 aromatic rings. The van der Waals surface area contributed by atoms with Crippen LogP contribution in [-0.2, 0) is 0 Å². The van der Waals surface area contributed by atoms with Gasteiger partial charge in [0.05, 0.1) is 6.04 Å². The van der Waals surface area contributed by atoms with Crippen molar-refractivity contribution in [1.82, 2.24) is 19.4 Å². The van der Waals surface area contributed by atoms with Crippen LogP contribution < -0.4 is 0 Å². The van der Waals surface area contributed by atoms with Crippen LogP contribution in [0.1, 0.15) is 19.4 Å². The number of benzene rings is 1. The van der Waals surface area contributed by atoms with E-state index in [2.05, 4.69) is 51.7 Å². The maximum atomic E-state index is 4.86. The highest BCUT2D eigenvalue weighted by Crippen LogP contribution is 2.31. The Bertz CT molecular complexity index is 778. The largest absolute Gasteiger partial charge is 0.304 e. The van der Waals surface area contributed by atoms with E-state index in [1.54, 1.807) is 0 Å². The zero-order valence-electron chi connectivity index (χ0n) is 12.8. The summed E-state index contributed by atoms with van der Waals surface area (Å²) in [5, 5.41) is 0. The Morgan fingerprint density at radius 1 is 1.14 bits per heavy atom. The van der Waals surface area contributed by atoms with Crippen molar-refractivity contribution in [2.24, 2.45) is 0 Å². The van der Waals surface area contributed by atoms with Gasteiger partial charge in [-0.3, -0.25) is 0 Å². The molecule has 1 aliphatic rings. The van der Waals surface area contributed by atoms with Crippen molar-refractivity contribution >= 4 is 11.2 Å². The highest BCUT2D eigenvalue weighted by atomic mass is 15.2. The van der Waals surface area contributed by atoms with Crippen molar-refractivity contribution in [1.29, 1.82) is 0 Å². The molecule has 0 saturated carbocycles. The lowest BCUT2D eigenvalue weighted by Crippen LogP contribution is -2.21. The molecule has 4 nitrogen and oxygen atoms in total. The van der Waals surface area contributed by atoms with Gasteiger partial charge in [-0.25, -0.2) is 9.97 Å². The number of fused-ring (bicyclic) bond motifs is 1. The van der Waals surface area contributed by atoms with Crippen LogP contribution in [0.4, 0.5) is 0 Å². The predicted octanol–water partition coefficient (Wildman–Crippen LogP) is 3.37. The summed E-state index contributed by atoms with van der Waals surface area (Å²) in [6.45, 7) is 5.57. The van der Waals surface area contributed by atoms with Gasteiger partial charge in [0.1, 0.15) is 11.3 Å². The van der Waals surface area contributed by atoms with Gasteiger partial charge in [-0.05, 0) is 25.1 Å². The van der Waals surface area contributed by atoms with Crippen LogP contribution >= 0.6 is 0 Å². The Balaban J connectivity index is 1.88. The Morgan fingerprint density at radius 3 is 2.77 bits per heavy atom. The van der Waals surface area contributed by atoms with Gasteiger partial charge in [-0.1, -0.05) is 37.3 Å². The Kier molecular flexibility index (Phi) is 3.39. The van der Waals surface area contributed by atoms with Crippen LogP contribution in [0.2, 0.25) is 0 Å². The van der Waals surface area contributed by atoms with E-state index in [1.807, 2.05) is 18.3 Å². The lowest BCUT2D eigenvalue weighted by molar-refractivity contribution is 0.343. The Hall–Kier alpha value is -2.20. The number of rotatable bonds is 3. The first-order valence-electron chi connectivity index (χ1n) is 7.97. The first kappa shape index (κ1) is 13.5. The predicted molar refractivity (Wildman–Crippen MR) is 88.7 cm³/mol. The fraction of sp³-hybridized carbons (Fsp3) is 0.333. The van der Waals surface area contributed by atoms with Crippen LogP contribution in [0.15, 0.2) is 48.7 Å². The number of aromatic nitrogens is 3. The molecule has 1 fully saturated rings. The van der Waals surface area contributed by atoms with E-state index in [0.717, 1.165) is 48.6 Å². The number of imidazole rings is 1. The molecule has 0 N–H and O–H groups in total. The van der Waals surface area contributed by atoms with Gasteiger partial charge in [0.15, 0.2) is 5.65 Å². The first-order valence-corrected chi connectivity index (χ1v) is 7.97. The molecular formula is C18H20N4. The quantitative estimate of drug-likeness (QED) is 0.742. The smallest absolute Gasteiger partial charge is 0.160 e. The average Bonchev–Trinajstić information content (AvgIpc) is 3.19. The SMILES string of the molecule is CCN1CCC(n2c(-c3ccccc3)nc3cccnc32)C1. The fourth-order valence-electron chi connectivity index (χ4n) is 3.38. The molecule has 0 spiro atoms. The standard InChI is InChI=1S/C18H20N4/c1-2-21-12-10-15(13-21)22-17(14-7-4-3-5-8-14)20-16-9-6-11-19-18(16)22/h3-9,11,15H,2,10,12-13H2,1H3. The van der Waals surface area contributed by atoms with Gasteiger partial charge in [-0.2, -0.15) is 0 Å². The summed E-state index contributed by atoms with van der Waals surface area (Å²) < 4.78 is 2.35. The van der Waals surface area contributed by atoms with E-state index in [0.29, 0.717) is 6.04 Å². The molecule has 1 aromatic carbocycles. The number of likely N-dealkylation sites (N-methyl/N-ethyl adjacent to an activating group) is 1. The summed E-state index contributed by atoms with van der Waals surface area (Å²) in [7, 11) is 0. The second kappa shape index (κ2) is 5.54. The number of likely N-dealkylation sites (tertiary alicyclic amines) is 1. The Labute approximate surface area is 130 Å². The topological polar surface area (TPSA) is 34.0 Å². The normalized spacial score (nSPS) is 19.0. The monoisotopic (exact) mass is 292 g/mol. The third-order valence-electron chi connectivity index (χ3n) is 4.54. The molecule has 0 aliphatic carbocycles. The van der Waals surface area contributed by atoms with Crippen molar-refractivity contribution in [2.45, 2.75) is 19.4 Å². The number of nitrogens with zero attached hydrogens (tertiary/aromatic N) is 4. The lowest BCUT2D eigenvalue weighted by atomic mass is 10.2. The van der Waals surface area contributed by atoms with Gasteiger partial charge >= 0.3 is 0 Å². The van der Waals surface area contributed by atoms with Gasteiger partial charge in [-0.15, -0.1) is 0 Å². The molecule has 3 heterocycles. The zero-order chi connectivity index (χ0) is 14.9. The van der Waals surface area contributed by atoms with Crippen molar-refractivity contribution in [3.05, 3.63) is 48.7 Å². The van der Waals surface area contributed by atoms with E-state index >= 15 is 0 Å². The number of hydrogen-bond acceptors (Lipinski definition) is 3. The fourth-order valence-corrected chi connectivity index (χ4v) is 3.38. The third-order valence-corrected chi connectivity index (χ3v) is 4.54. The summed E-state index contributed by atoms with van der Waals surface area (Å²) >= 11 is 0. The molecule has 1 atom stereocenters. The summed E-state index contributed by atoms with van der Waals surface area (Å²) in [5.41, 5.74) is 3.15. The Morgan fingerprint density at radius 2 is 2.00 bits per heavy atom. The molecule has 0 amide bonds. The molecule has 4 heteroatoms. The summed E-state index contributed by atoms with van der Waals surface area (Å²) in [6, 6.07) is 14.9. The molecule has 4 rings (SSSR count). The maximum absolute atomic E-state index is 4.86.